The van der Waals surface area contributed by atoms with Crippen LogP contribution in [0.1, 0.15) is 33.6 Å². The molecule has 0 aromatic rings. The number of nitrogens with zero attached hydrogens (tertiary/aromatic N) is 1. The van der Waals surface area contributed by atoms with Gasteiger partial charge in [0.1, 0.15) is 5.60 Å². The summed E-state index contributed by atoms with van der Waals surface area (Å²) in [7, 11) is 0. The summed E-state index contributed by atoms with van der Waals surface area (Å²) in [6, 6.07) is 0. The Hall–Kier alpha value is -0.610. The zero-order valence-electron chi connectivity index (χ0n) is 9.21. The normalized spacial score (nSPS) is 18.5. The van der Waals surface area contributed by atoms with Gasteiger partial charge in [0.05, 0.1) is 0 Å². The minimum absolute atomic E-state index is 0.0251. The molecule has 1 aliphatic rings. The highest BCUT2D eigenvalue weighted by Crippen LogP contribution is 2.09. The fraction of sp³-hybridized carbons (Fsp3) is 0.900. The van der Waals surface area contributed by atoms with Gasteiger partial charge in [0.25, 0.3) is 0 Å². The fourth-order valence-electron chi connectivity index (χ4n) is 1.33. The predicted octanol–water partition coefficient (Wildman–Crippen LogP) is 1.36. The van der Waals surface area contributed by atoms with Gasteiger partial charge in [0.15, 0.2) is 6.61 Å². The first-order chi connectivity index (χ1) is 6.47. The molecule has 0 radical (unpaired) electrons. The van der Waals surface area contributed by atoms with Crippen molar-refractivity contribution in [3.05, 3.63) is 0 Å². The summed E-state index contributed by atoms with van der Waals surface area (Å²) in [4.78, 5) is 16.5. The van der Waals surface area contributed by atoms with Crippen molar-refractivity contribution in [3.8, 4) is 0 Å². The smallest absolute Gasteiger partial charge is 0.334 e. The number of carbonyl (C=O) groups is 1. The van der Waals surface area contributed by atoms with Crippen molar-refractivity contribution in [2.45, 2.75) is 39.2 Å². The van der Waals surface area contributed by atoms with E-state index in [0.29, 0.717) is 0 Å². The summed E-state index contributed by atoms with van der Waals surface area (Å²) in [5.74, 6) is -0.301. The minimum atomic E-state index is -0.425. The van der Waals surface area contributed by atoms with Crippen molar-refractivity contribution >= 4 is 5.97 Å². The maximum absolute atomic E-state index is 11.2. The van der Waals surface area contributed by atoms with Gasteiger partial charge in [0.2, 0.25) is 0 Å². The predicted molar refractivity (Wildman–Crippen MR) is 52.6 cm³/mol. The molecule has 1 fully saturated rings. The Kier molecular flexibility index (Phi) is 3.89. The Balaban J connectivity index is 2.14. The molecule has 1 heterocycles. The number of ether oxygens (including phenoxy) is 1. The number of hydrogen-bond donors (Lipinski definition) is 0. The SMILES string of the molecule is CC(C)(C)OC(=O)CON1CCCC1. The molecule has 82 valence electrons. The van der Waals surface area contributed by atoms with Gasteiger partial charge in [-0.05, 0) is 33.6 Å². The Morgan fingerprint density at radius 3 is 2.36 bits per heavy atom. The van der Waals surface area contributed by atoms with Gasteiger partial charge >= 0.3 is 5.97 Å². The average Bonchev–Trinajstić information content (AvgIpc) is 2.49. The van der Waals surface area contributed by atoms with Crippen molar-refractivity contribution in [3.63, 3.8) is 0 Å². The molecule has 0 aromatic carbocycles. The third-order valence-corrected chi connectivity index (χ3v) is 1.85. The molecule has 14 heavy (non-hydrogen) atoms. The lowest BCUT2D eigenvalue weighted by Crippen LogP contribution is -2.30. The van der Waals surface area contributed by atoms with Crippen LogP contribution in [-0.4, -0.2) is 36.3 Å². The molecule has 0 spiro atoms. The molecule has 0 amide bonds. The Morgan fingerprint density at radius 2 is 1.86 bits per heavy atom. The molecule has 0 aliphatic carbocycles. The highest BCUT2D eigenvalue weighted by molar-refractivity contribution is 5.71. The van der Waals surface area contributed by atoms with E-state index in [2.05, 4.69) is 0 Å². The molecule has 0 saturated carbocycles. The topological polar surface area (TPSA) is 38.8 Å². The Morgan fingerprint density at radius 1 is 1.29 bits per heavy atom. The molecule has 1 rings (SSSR count). The Bertz CT molecular complexity index is 192. The van der Waals surface area contributed by atoms with Crippen LogP contribution in [0.15, 0.2) is 0 Å². The van der Waals surface area contributed by atoms with Gasteiger partial charge < -0.3 is 4.74 Å². The van der Waals surface area contributed by atoms with E-state index in [0.717, 1.165) is 25.9 Å². The zero-order chi connectivity index (χ0) is 10.6. The summed E-state index contributed by atoms with van der Waals surface area (Å²) in [5.41, 5.74) is -0.425. The van der Waals surface area contributed by atoms with Gasteiger partial charge in [-0.1, -0.05) is 0 Å². The summed E-state index contributed by atoms with van der Waals surface area (Å²) in [6.45, 7) is 7.41. The summed E-state index contributed by atoms with van der Waals surface area (Å²) in [6.07, 6.45) is 2.29. The van der Waals surface area contributed by atoms with Crippen molar-refractivity contribution in [2.24, 2.45) is 0 Å². The third-order valence-electron chi connectivity index (χ3n) is 1.85. The third kappa shape index (κ3) is 4.58. The lowest BCUT2D eigenvalue weighted by molar-refractivity contribution is -0.186. The number of hydroxylamine groups is 2. The fourth-order valence-corrected chi connectivity index (χ4v) is 1.33. The van der Waals surface area contributed by atoms with Crippen molar-refractivity contribution < 1.29 is 14.4 Å². The second kappa shape index (κ2) is 4.75. The molecule has 1 saturated heterocycles. The van der Waals surface area contributed by atoms with Crippen LogP contribution >= 0.6 is 0 Å². The van der Waals surface area contributed by atoms with Crippen LogP contribution in [0.4, 0.5) is 0 Å². The summed E-state index contributed by atoms with van der Waals surface area (Å²) < 4.78 is 5.11. The van der Waals surface area contributed by atoms with Gasteiger partial charge in [-0.15, -0.1) is 0 Å². The van der Waals surface area contributed by atoms with Crippen molar-refractivity contribution in [1.29, 1.82) is 0 Å². The highest BCUT2D eigenvalue weighted by Gasteiger charge is 2.18. The first-order valence-electron chi connectivity index (χ1n) is 5.07. The molecule has 0 N–H and O–H groups in total. The molecule has 0 bridgehead atoms. The highest BCUT2D eigenvalue weighted by atomic mass is 16.7. The van der Waals surface area contributed by atoms with E-state index in [1.54, 1.807) is 0 Å². The molecule has 4 nitrogen and oxygen atoms in total. The van der Waals surface area contributed by atoms with Gasteiger partial charge in [0, 0.05) is 13.1 Å². The van der Waals surface area contributed by atoms with Gasteiger partial charge in [-0.2, -0.15) is 5.06 Å². The summed E-state index contributed by atoms with van der Waals surface area (Å²) in [5, 5.41) is 1.82. The Labute approximate surface area is 85.1 Å². The quantitative estimate of drug-likeness (QED) is 0.646. The molecule has 1 aliphatic heterocycles. The van der Waals surface area contributed by atoms with Crippen LogP contribution in [0.5, 0.6) is 0 Å². The van der Waals surface area contributed by atoms with E-state index in [9.17, 15) is 4.79 Å². The maximum Gasteiger partial charge on any atom is 0.334 e. The molecular weight excluding hydrogens is 182 g/mol. The first-order valence-corrected chi connectivity index (χ1v) is 5.07. The maximum atomic E-state index is 11.2. The monoisotopic (exact) mass is 201 g/mol. The van der Waals surface area contributed by atoms with Gasteiger partial charge in [-0.25, -0.2) is 4.79 Å². The van der Waals surface area contributed by atoms with Crippen LogP contribution in [0.25, 0.3) is 0 Å². The van der Waals surface area contributed by atoms with Crippen molar-refractivity contribution in [2.75, 3.05) is 19.7 Å². The summed E-state index contributed by atoms with van der Waals surface area (Å²) >= 11 is 0. The van der Waals surface area contributed by atoms with E-state index in [1.165, 1.54) is 0 Å². The van der Waals surface area contributed by atoms with Crippen LogP contribution in [0.2, 0.25) is 0 Å². The number of carbonyl (C=O) groups excluding carboxylic acids is 1. The number of rotatable bonds is 3. The van der Waals surface area contributed by atoms with Crippen LogP contribution < -0.4 is 0 Å². The van der Waals surface area contributed by atoms with E-state index < -0.39 is 5.60 Å². The molecular formula is C10H19NO3. The molecule has 0 aromatic heterocycles. The largest absolute Gasteiger partial charge is 0.458 e. The molecule has 0 atom stereocenters. The lowest BCUT2D eigenvalue weighted by atomic mass is 10.2. The van der Waals surface area contributed by atoms with Crippen LogP contribution in [0, 0.1) is 0 Å². The first kappa shape index (κ1) is 11.5. The minimum Gasteiger partial charge on any atom is -0.458 e. The molecule has 0 unspecified atom stereocenters. The van der Waals surface area contributed by atoms with Crippen molar-refractivity contribution in [1.82, 2.24) is 5.06 Å². The average molecular weight is 201 g/mol. The number of hydrogen-bond acceptors (Lipinski definition) is 4. The molecule has 4 heteroatoms. The van der Waals surface area contributed by atoms with Crippen LogP contribution in [0.3, 0.4) is 0 Å². The zero-order valence-corrected chi connectivity index (χ0v) is 9.21. The lowest BCUT2D eigenvalue weighted by Gasteiger charge is -2.20. The standard InChI is InChI=1S/C10H19NO3/c1-10(2,3)14-9(12)8-13-11-6-4-5-7-11/h4-8H2,1-3H3. The second-order valence-corrected chi connectivity index (χ2v) is 4.50. The second-order valence-electron chi connectivity index (χ2n) is 4.50. The van der Waals surface area contributed by atoms with Crippen LogP contribution in [-0.2, 0) is 14.4 Å². The van der Waals surface area contributed by atoms with E-state index in [4.69, 9.17) is 9.57 Å². The van der Waals surface area contributed by atoms with E-state index in [-0.39, 0.29) is 12.6 Å². The van der Waals surface area contributed by atoms with E-state index >= 15 is 0 Å². The van der Waals surface area contributed by atoms with E-state index in [1.807, 2.05) is 25.8 Å². The van der Waals surface area contributed by atoms with Gasteiger partial charge in [-0.3, -0.25) is 4.84 Å². The number of esters is 1.